The molecule has 4 heteroatoms. The van der Waals surface area contributed by atoms with Gasteiger partial charge in [0.15, 0.2) is 0 Å². The summed E-state index contributed by atoms with van der Waals surface area (Å²) in [7, 11) is 0. The molecule has 6 fully saturated rings. The van der Waals surface area contributed by atoms with Crippen LogP contribution in [0.15, 0.2) is 0 Å². The van der Waals surface area contributed by atoms with Crippen LogP contribution in [0.5, 0.6) is 0 Å². The molecule has 0 atom stereocenters. The summed E-state index contributed by atoms with van der Waals surface area (Å²) in [4.78, 5) is 29.4. The van der Waals surface area contributed by atoms with Gasteiger partial charge in [-0.15, -0.1) is 0 Å². The molecule has 25 heavy (non-hydrogen) atoms. The van der Waals surface area contributed by atoms with E-state index in [-0.39, 0.29) is 5.92 Å². The van der Waals surface area contributed by atoms with E-state index in [1.54, 1.807) is 0 Å². The molecule has 0 aromatic heterocycles. The van der Waals surface area contributed by atoms with Crippen LogP contribution >= 0.6 is 0 Å². The second kappa shape index (κ2) is 5.99. The Bertz CT molecular complexity index is 525. The van der Waals surface area contributed by atoms with Crippen LogP contribution in [-0.2, 0) is 9.59 Å². The minimum atomic E-state index is 0.286. The summed E-state index contributed by atoms with van der Waals surface area (Å²) in [5.41, 5.74) is 0.338. The Morgan fingerprint density at radius 1 is 0.800 bits per heavy atom. The standard InChI is InChI=1S/C21H32N2O2/c24-19(14-21-11-15-8-16(12-21)10-17(9-15)13-21)22-4-6-23(7-5-22)20(25)18-2-1-3-18/h15-18H,1-14H2. The lowest BCUT2D eigenvalue weighted by Crippen LogP contribution is -2.54. The van der Waals surface area contributed by atoms with E-state index >= 15 is 0 Å². The normalized spacial score (nSPS) is 40.2. The molecule has 1 heterocycles. The summed E-state index contributed by atoms with van der Waals surface area (Å²) >= 11 is 0. The zero-order valence-corrected chi connectivity index (χ0v) is 15.4. The fraction of sp³-hybridized carbons (Fsp3) is 0.905. The molecular weight excluding hydrogens is 312 g/mol. The third kappa shape index (κ3) is 2.90. The monoisotopic (exact) mass is 344 g/mol. The molecule has 0 spiro atoms. The summed E-state index contributed by atoms with van der Waals surface area (Å²) in [6, 6.07) is 0. The molecule has 0 N–H and O–H groups in total. The van der Waals surface area contributed by atoms with Crippen molar-refractivity contribution in [2.75, 3.05) is 26.2 Å². The molecule has 1 aliphatic heterocycles. The molecule has 6 rings (SSSR count). The molecule has 0 aromatic rings. The van der Waals surface area contributed by atoms with Crippen LogP contribution in [0.3, 0.4) is 0 Å². The second-order valence-corrected chi connectivity index (χ2v) is 9.93. The number of carbonyl (C=O) groups is 2. The largest absolute Gasteiger partial charge is 0.339 e. The lowest BCUT2D eigenvalue weighted by Gasteiger charge is -2.57. The highest BCUT2D eigenvalue weighted by molar-refractivity contribution is 5.81. The van der Waals surface area contributed by atoms with Gasteiger partial charge in [0.25, 0.3) is 0 Å². The molecule has 0 aromatic carbocycles. The predicted molar refractivity (Wildman–Crippen MR) is 95.7 cm³/mol. The molecule has 1 saturated heterocycles. The van der Waals surface area contributed by atoms with E-state index in [0.29, 0.717) is 17.2 Å². The fourth-order valence-corrected chi connectivity index (χ4v) is 7.03. The van der Waals surface area contributed by atoms with Gasteiger partial charge in [-0.3, -0.25) is 9.59 Å². The molecule has 5 saturated carbocycles. The molecule has 4 nitrogen and oxygen atoms in total. The van der Waals surface area contributed by atoms with Gasteiger partial charge in [-0.05, 0) is 74.5 Å². The SMILES string of the molecule is O=C(CC12CC3CC(CC(C3)C1)C2)N1CCN(C(=O)C2CCC2)CC1. The first-order valence-electron chi connectivity index (χ1n) is 10.7. The van der Waals surface area contributed by atoms with Gasteiger partial charge in [0.2, 0.25) is 11.8 Å². The van der Waals surface area contributed by atoms with Gasteiger partial charge in [-0.25, -0.2) is 0 Å². The van der Waals surface area contributed by atoms with Crippen LogP contribution in [0.1, 0.15) is 64.2 Å². The summed E-state index contributed by atoms with van der Waals surface area (Å²) in [5.74, 6) is 3.74. The number of rotatable bonds is 3. The zero-order valence-electron chi connectivity index (χ0n) is 15.4. The number of hydrogen-bond acceptors (Lipinski definition) is 2. The predicted octanol–water partition coefficient (Wildman–Crippen LogP) is 3.06. The number of nitrogens with zero attached hydrogens (tertiary/aromatic N) is 2. The Morgan fingerprint density at radius 3 is 1.80 bits per heavy atom. The quantitative estimate of drug-likeness (QED) is 0.789. The molecule has 2 amide bonds. The van der Waals surface area contributed by atoms with Gasteiger partial charge >= 0.3 is 0 Å². The van der Waals surface area contributed by atoms with E-state index in [1.807, 2.05) is 4.90 Å². The van der Waals surface area contributed by atoms with Crippen LogP contribution in [0.2, 0.25) is 0 Å². The topological polar surface area (TPSA) is 40.6 Å². The maximum absolute atomic E-state index is 13.0. The molecule has 5 aliphatic carbocycles. The highest BCUT2D eigenvalue weighted by Crippen LogP contribution is 2.61. The van der Waals surface area contributed by atoms with E-state index in [1.165, 1.54) is 44.9 Å². The molecule has 6 aliphatic rings. The summed E-state index contributed by atoms with van der Waals surface area (Å²) in [6.07, 6.45) is 12.4. The lowest BCUT2D eigenvalue weighted by molar-refractivity contribution is -0.147. The van der Waals surface area contributed by atoms with E-state index in [2.05, 4.69) is 4.90 Å². The van der Waals surface area contributed by atoms with Crippen molar-refractivity contribution >= 4 is 11.8 Å². The van der Waals surface area contributed by atoms with Crippen LogP contribution < -0.4 is 0 Å². The lowest BCUT2D eigenvalue weighted by atomic mass is 9.49. The average molecular weight is 344 g/mol. The first kappa shape index (κ1) is 16.1. The van der Waals surface area contributed by atoms with Crippen molar-refractivity contribution in [1.29, 1.82) is 0 Å². The Morgan fingerprint density at radius 2 is 1.32 bits per heavy atom. The van der Waals surface area contributed by atoms with Gasteiger partial charge in [-0.1, -0.05) is 6.42 Å². The third-order valence-corrected chi connectivity index (χ3v) is 8.09. The minimum Gasteiger partial charge on any atom is -0.339 e. The van der Waals surface area contributed by atoms with Crippen LogP contribution in [0, 0.1) is 29.1 Å². The highest BCUT2D eigenvalue weighted by Gasteiger charge is 2.51. The minimum absolute atomic E-state index is 0.286. The van der Waals surface area contributed by atoms with Crippen molar-refractivity contribution in [2.45, 2.75) is 64.2 Å². The van der Waals surface area contributed by atoms with Crippen molar-refractivity contribution < 1.29 is 9.59 Å². The van der Waals surface area contributed by atoms with Gasteiger partial charge < -0.3 is 9.80 Å². The van der Waals surface area contributed by atoms with Gasteiger partial charge in [0.05, 0.1) is 0 Å². The summed E-state index contributed by atoms with van der Waals surface area (Å²) in [6.45, 7) is 3.01. The van der Waals surface area contributed by atoms with Crippen LogP contribution in [-0.4, -0.2) is 47.8 Å². The third-order valence-electron chi connectivity index (χ3n) is 8.09. The highest BCUT2D eigenvalue weighted by atomic mass is 16.2. The number of amides is 2. The molecule has 0 radical (unpaired) electrons. The van der Waals surface area contributed by atoms with Crippen LogP contribution in [0.25, 0.3) is 0 Å². The average Bonchev–Trinajstić information content (AvgIpc) is 2.51. The number of hydrogen-bond donors (Lipinski definition) is 0. The molecule has 0 unspecified atom stereocenters. The van der Waals surface area contributed by atoms with Crippen LogP contribution in [0.4, 0.5) is 0 Å². The Labute approximate surface area is 151 Å². The fourth-order valence-electron chi connectivity index (χ4n) is 7.03. The van der Waals surface area contributed by atoms with E-state index < -0.39 is 0 Å². The first-order chi connectivity index (χ1) is 12.1. The maximum atomic E-state index is 13.0. The smallest absolute Gasteiger partial charge is 0.225 e. The molecule has 4 bridgehead atoms. The number of piperazine rings is 1. The molecular formula is C21H32N2O2. The van der Waals surface area contributed by atoms with Gasteiger partial charge in [-0.2, -0.15) is 0 Å². The first-order valence-corrected chi connectivity index (χ1v) is 10.7. The molecule has 138 valence electrons. The van der Waals surface area contributed by atoms with Gasteiger partial charge in [0, 0.05) is 38.5 Å². The van der Waals surface area contributed by atoms with Crippen molar-refractivity contribution in [2.24, 2.45) is 29.1 Å². The van der Waals surface area contributed by atoms with Crippen molar-refractivity contribution in [3.8, 4) is 0 Å². The van der Waals surface area contributed by atoms with E-state index in [0.717, 1.165) is 63.2 Å². The van der Waals surface area contributed by atoms with Crippen molar-refractivity contribution in [3.05, 3.63) is 0 Å². The van der Waals surface area contributed by atoms with Crippen molar-refractivity contribution in [1.82, 2.24) is 9.80 Å². The van der Waals surface area contributed by atoms with Crippen molar-refractivity contribution in [3.63, 3.8) is 0 Å². The zero-order chi connectivity index (χ0) is 17.0. The summed E-state index contributed by atoms with van der Waals surface area (Å²) < 4.78 is 0. The van der Waals surface area contributed by atoms with E-state index in [9.17, 15) is 9.59 Å². The van der Waals surface area contributed by atoms with Gasteiger partial charge in [0.1, 0.15) is 0 Å². The van der Waals surface area contributed by atoms with E-state index in [4.69, 9.17) is 0 Å². The maximum Gasteiger partial charge on any atom is 0.225 e. The second-order valence-electron chi connectivity index (χ2n) is 9.93. The number of carbonyl (C=O) groups excluding carboxylic acids is 2. The summed E-state index contributed by atoms with van der Waals surface area (Å²) in [5, 5.41) is 0. The Balaban J connectivity index is 1.17. The Kier molecular flexibility index (Phi) is 3.87. The Hall–Kier alpha value is -1.06.